The average Bonchev–Trinajstić information content (AvgIpc) is 2.77. The Kier molecular flexibility index (Phi) is 3.10. The van der Waals surface area contributed by atoms with Crippen LogP contribution in [0, 0.1) is 5.92 Å². The molecule has 0 radical (unpaired) electrons. The lowest BCUT2D eigenvalue weighted by Gasteiger charge is -2.29. The Morgan fingerprint density at radius 2 is 2.20 bits per heavy atom. The van der Waals surface area contributed by atoms with Crippen LogP contribution in [0.5, 0.6) is 0 Å². The van der Waals surface area contributed by atoms with E-state index in [0.29, 0.717) is 23.8 Å². The van der Waals surface area contributed by atoms with Crippen LogP contribution in [0.1, 0.15) is 17.3 Å². The maximum absolute atomic E-state index is 11.5. The van der Waals surface area contributed by atoms with Crippen molar-refractivity contribution in [3.63, 3.8) is 0 Å². The summed E-state index contributed by atoms with van der Waals surface area (Å²) in [4.78, 5) is 15.6. The summed E-state index contributed by atoms with van der Waals surface area (Å²) in [6.45, 7) is 0.417. The topological polar surface area (TPSA) is 94.0 Å². The third-order valence-electron chi connectivity index (χ3n) is 3.64. The molecule has 0 saturated heterocycles. The molecule has 2 unspecified atom stereocenters. The van der Waals surface area contributed by atoms with Gasteiger partial charge in [-0.25, -0.2) is 4.68 Å². The zero-order chi connectivity index (χ0) is 14.3. The normalized spacial score (nSPS) is 21.4. The number of hydrogen-bond donors (Lipinski definition) is 2. The number of aliphatic carboxylic acids is 1. The number of nitrogens with zero attached hydrogens (tertiary/aromatic N) is 3. The second-order valence-corrected chi connectivity index (χ2v) is 5.25. The predicted molar refractivity (Wildman–Crippen MR) is 73.5 cm³/mol. The van der Waals surface area contributed by atoms with E-state index in [2.05, 4.69) is 10.1 Å². The Morgan fingerprint density at radius 3 is 2.90 bits per heavy atom. The molecule has 1 aliphatic rings. The Balaban J connectivity index is 2.04. The van der Waals surface area contributed by atoms with Crippen molar-refractivity contribution < 1.29 is 9.90 Å². The molecule has 0 spiro atoms. The van der Waals surface area contributed by atoms with Gasteiger partial charge in [0, 0.05) is 17.4 Å². The molecule has 0 bridgehead atoms. The first-order valence-electron chi connectivity index (χ1n) is 6.22. The molecule has 6 nitrogen and oxygen atoms in total. The van der Waals surface area contributed by atoms with Gasteiger partial charge in [-0.2, -0.15) is 4.98 Å². The molecule has 0 saturated carbocycles. The molecular weight excluding hydrogens is 280 g/mol. The second-order valence-electron chi connectivity index (χ2n) is 4.85. The largest absolute Gasteiger partial charge is 0.481 e. The van der Waals surface area contributed by atoms with Crippen LogP contribution in [0.25, 0.3) is 0 Å². The highest BCUT2D eigenvalue weighted by molar-refractivity contribution is 6.31. The van der Waals surface area contributed by atoms with E-state index >= 15 is 0 Å². The van der Waals surface area contributed by atoms with E-state index in [9.17, 15) is 9.90 Å². The maximum Gasteiger partial charge on any atom is 0.307 e. The number of nitrogen functional groups attached to an aromatic ring is 1. The summed E-state index contributed by atoms with van der Waals surface area (Å²) in [5, 5.41) is 14.1. The molecule has 2 atom stereocenters. The lowest BCUT2D eigenvalue weighted by molar-refractivity contribution is -0.143. The summed E-state index contributed by atoms with van der Waals surface area (Å²) in [5.41, 5.74) is 6.40. The highest BCUT2D eigenvalue weighted by Gasteiger charge is 2.37. The summed E-state index contributed by atoms with van der Waals surface area (Å²) < 4.78 is 1.67. The standard InChI is InChI=1S/C13H13ClN4O2/c14-10-4-2-1-3-7(10)9-6-18-11(16-13(15)17-18)5-8(9)12(19)20/h1-4,8-9H,5-6H2,(H2,15,17)(H,19,20). The van der Waals surface area contributed by atoms with Gasteiger partial charge in [0.25, 0.3) is 0 Å². The lowest BCUT2D eigenvalue weighted by Crippen LogP contribution is -2.34. The van der Waals surface area contributed by atoms with Gasteiger partial charge in [0.15, 0.2) is 0 Å². The Morgan fingerprint density at radius 1 is 1.45 bits per heavy atom. The fourth-order valence-corrected chi connectivity index (χ4v) is 2.97. The van der Waals surface area contributed by atoms with Crippen LogP contribution >= 0.6 is 11.6 Å². The molecule has 20 heavy (non-hydrogen) atoms. The first-order valence-corrected chi connectivity index (χ1v) is 6.60. The summed E-state index contributed by atoms with van der Waals surface area (Å²) in [5.74, 6) is -0.898. The fourth-order valence-electron chi connectivity index (χ4n) is 2.69. The second kappa shape index (κ2) is 4.79. The number of carboxylic acid groups (broad SMARTS) is 1. The van der Waals surface area contributed by atoms with Gasteiger partial charge in [-0.15, -0.1) is 5.10 Å². The van der Waals surface area contributed by atoms with Crippen LogP contribution in [0.4, 0.5) is 5.95 Å². The highest BCUT2D eigenvalue weighted by atomic mass is 35.5. The number of carbonyl (C=O) groups is 1. The Labute approximate surface area is 120 Å². The minimum Gasteiger partial charge on any atom is -0.481 e. The SMILES string of the molecule is Nc1nc2n(n1)CC(c1ccccc1Cl)C(C(=O)O)C2. The summed E-state index contributed by atoms with van der Waals surface area (Å²) in [6.07, 6.45) is 0.301. The monoisotopic (exact) mass is 292 g/mol. The van der Waals surface area contributed by atoms with Gasteiger partial charge in [0.2, 0.25) is 5.95 Å². The van der Waals surface area contributed by atoms with Crippen molar-refractivity contribution >= 4 is 23.5 Å². The first kappa shape index (κ1) is 12.9. The molecule has 0 amide bonds. The van der Waals surface area contributed by atoms with Crippen molar-refractivity contribution in [2.75, 3.05) is 5.73 Å². The Hall–Kier alpha value is -2.08. The third-order valence-corrected chi connectivity index (χ3v) is 3.99. The van der Waals surface area contributed by atoms with E-state index in [-0.39, 0.29) is 11.9 Å². The van der Waals surface area contributed by atoms with Crippen LogP contribution in [-0.4, -0.2) is 25.8 Å². The smallest absolute Gasteiger partial charge is 0.307 e. The number of fused-ring (bicyclic) bond motifs is 1. The summed E-state index contributed by atoms with van der Waals surface area (Å²) in [6, 6.07) is 7.30. The molecule has 2 aromatic rings. The van der Waals surface area contributed by atoms with Crippen LogP contribution < -0.4 is 5.73 Å². The number of hydrogen-bond acceptors (Lipinski definition) is 4. The van der Waals surface area contributed by atoms with Crippen molar-refractivity contribution in [2.24, 2.45) is 5.92 Å². The Bertz CT molecular complexity index is 670. The fraction of sp³-hybridized carbons (Fsp3) is 0.308. The van der Waals surface area contributed by atoms with Gasteiger partial charge in [-0.05, 0) is 11.6 Å². The van der Waals surface area contributed by atoms with E-state index in [1.807, 2.05) is 18.2 Å². The van der Waals surface area contributed by atoms with Crippen molar-refractivity contribution in [1.29, 1.82) is 0 Å². The van der Waals surface area contributed by atoms with Gasteiger partial charge in [-0.1, -0.05) is 29.8 Å². The summed E-state index contributed by atoms with van der Waals surface area (Å²) in [7, 11) is 0. The minimum absolute atomic E-state index is 0.170. The van der Waals surface area contributed by atoms with Crippen molar-refractivity contribution in [3.8, 4) is 0 Å². The van der Waals surface area contributed by atoms with Gasteiger partial charge in [0.05, 0.1) is 12.5 Å². The number of nitrogens with two attached hydrogens (primary N) is 1. The highest BCUT2D eigenvalue weighted by Crippen LogP contribution is 2.36. The number of anilines is 1. The van der Waals surface area contributed by atoms with Crippen molar-refractivity contribution in [2.45, 2.75) is 18.9 Å². The van der Waals surface area contributed by atoms with Crippen LogP contribution in [0.15, 0.2) is 24.3 Å². The summed E-state index contributed by atoms with van der Waals surface area (Å²) >= 11 is 6.20. The molecule has 1 aliphatic heterocycles. The van der Waals surface area contributed by atoms with Crippen LogP contribution in [0.3, 0.4) is 0 Å². The number of halogens is 1. The molecule has 0 fully saturated rings. The van der Waals surface area contributed by atoms with E-state index in [1.54, 1.807) is 10.7 Å². The molecule has 1 aromatic carbocycles. The average molecular weight is 293 g/mol. The molecule has 3 N–H and O–H groups in total. The quantitative estimate of drug-likeness (QED) is 0.876. The maximum atomic E-state index is 11.5. The minimum atomic E-state index is -0.859. The molecular formula is C13H13ClN4O2. The zero-order valence-corrected chi connectivity index (χ0v) is 11.3. The number of carboxylic acids is 1. The van der Waals surface area contributed by atoms with E-state index in [4.69, 9.17) is 17.3 Å². The molecule has 3 rings (SSSR count). The zero-order valence-electron chi connectivity index (χ0n) is 10.5. The van der Waals surface area contributed by atoms with E-state index < -0.39 is 11.9 Å². The van der Waals surface area contributed by atoms with Crippen molar-refractivity contribution in [3.05, 3.63) is 40.7 Å². The van der Waals surface area contributed by atoms with Crippen LogP contribution in [0.2, 0.25) is 5.02 Å². The molecule has 0 aliphatic carbocycles. The molecule has 2 heterocycles. The molecule has 104 valence electrons. The lowest BCUT2D eigenvalue weighted by atomic mass is 9.81. The third kappa shape index (κ3) is 2.12. The van der Waals surface area contributed by atoms with E-state index in [1.165, 1.54) is 0 Å². The number of benzene rings is 1. The number of rotatable bonds is 2. The van der Waals surface area contributed by atoms with Crippen LogP contribution in [-0.2, 0) is 17.8 Å². The molecule has 7 heteroatoms. The predicted octanol–water partition coefficient (Wildman–Crippen LogP) is 1.55. The number of aromatic nitrogens is 3. The van der Waals surface area contributed by atoms with Gasteiger partial charge in [-0.3, -0.25) is 4.79 Å². The first-order chi connectivity index (χ1) is 9.56. The van der Waals surface area contributed by atoms with Gasteiger partial charge < -0.3 is 10.8 Å². The van der Waals surface area contributed by atoms with E-state index in [0.717, 1.165) is 5.56 Å². The van der Waals surface area contributed by atoms with Gasteiger partial charge >= 0.3 is 5.97 Å². The van der Waals surface area contributed by atoms with Crippen molar-refractivity contribution in [1.82, 2.24) is 14.8 Å². The molecule has 1 aromatic heterocycles. The van der Waals surface area contributed by atoms with Gasteiger partial charge in [0.1, 0.15) is 5.82 Å².